The van der Waals surface area contributed by atoms with Gasteiger partial charge < -0.3 is 15.3 Å². The molecule has 2 rings (SSSR count). The molecular weight excluding hydrogens is 314 g/mol. The van der Waals surface area contributed by atoms with Crippen LogP contribution in [0.4, 0.5) is 11.4 Å². The van der Waals surface area contributed by atoms with E-state index in [1.807, 2.05) is 4.90 Å². The minimum atomic E-state index is -0.786. The Kier molecular flexibility index (Phi) is 5.86. The molecule has 8 heteroatoms. The molecule has 1 amide bonds. The summed E-state index contributed by atoms with van der Waals surface area (Å²) in [6.07, 6.45) is 1.75. The van der Waals surface area contributed by atoms with Crippen molar-refractivity contribution in [1.82, 2.24) is 4.90 Å². The lowest BCUT2D eigenvalue weighted by Gasteiger charge is -2.30. The third-order valence-corrected chi connectivity index (χ3v) is 4.20. The van der Waals surface area contributed by atoms with Crippen LogP contribution in [-0.2, 0) is 9.59 Å². The van der Waals surface area contributed by atoms with Crippen molar-refractivity contribution in [1.29, 1.82) is 0 Å². The largest absolute Gasteiger partial charge is 0.481 e. The third kappa shape index (κ3) is 4.76. The number of benzene rings is 1. The zero-order valence-corrected chi connectivity index (χ0v) is 13.5. The van der Waals surface area contributed by atoms with Crippen molar-refractivity contribution in [2.24, 2.45) is 5.92 Å². The first-order chi connectivity index (χ1) is 11.4. The standard InChI is InChI=1S/C16H21N3O5/c1-11-9-13(19(23)24)4-5-14(11)17-15(20)6-8-18-7-2-3-12(10-18)16(21)22/h4-5,9,12H,2-3,6-8,10H2,1H3,(H,17,20)(H,21,22). The number of anilines is 1. The number of likely N-dealkylation sites (tertiary alicyclic amines) is 1. The van der Waals surface area contributed by atoms with E-state index in [2.05, 4.69) is 5.32 Å². The molecule has 1 aromatic carbocycles. The monoisotopic (exact) mass is 335 g/mol. The number of aryl methyl sites for hydroxylation is 1. The highest BCUT2D eigenvalue weighted by molar-refractivity contribution is 5.91. The number of nitro groups is 1. The Morgan fingerprint density at radius 2 is 2.21 bits per heavy atom. The van der Waals surface area contributed by atoms with Gasteiger partial charge in [0.25, 0.3) is 5.69 Å². The normalized spacial score (nSPS) is 18.1. The fraction of sp³-hybridized carbons (Fsp3) is 0.500. The van der Waals surface area contributed by atoms with E-state index in [0.717, 1.165) is 13.0 Å². The van der Waals surface area contributed by atoms with Crippen molar-refractivity contribution in [2.75, 3.05) is 25.0 Å². The Bertz CT molecular complexity index is 647. The second-order valence-corrected chi connectivity index (χ2v) is 6.03. The molecule has 1 saturated heterocycles. The van der Waals surface area contributed by atoms with E-state index < -0.39 is 10.9 Å². The molecule has 1 fully saturated rings. The lowest BCUT2D eigenvalue weighted by atomic mass is 9.98. The minimum absolute atomic E-state index is 0.0153. The molecule has 130 valence electrons. The van der Waals surface area contributed by atoms with Gasteiger partial charge in [-0.05, 0) is 37.9 Å². The quantitative estimate of drug-likeness (QED) is 0.607. The number of nitrogens with one attached hydrogen (secondary N) is 1. The average Bonchev–Trinajstić information content (AvgIpc) is 2.55. The van der Waals surface area contributed by atoms with Crippen LogP contribution in [0.25, 0.3) is 0 Å². The molecule has 1 atom stereocenters. The van der Waals surface area contributed by atoms with Gasteiger partial charge in [-0.25, -0.2) is 0 Å². The van der Waals surface area contributed by atoms with Gasteiger partial charge in [0.2, 0.25) is 5.91 Å². The first kappa shape index (κ1) is 17.9. The highest BCUT2D eigenvalue weighted by Crippen LogP contribution is 2.21. The summed E-state index contributed by atoms with van der Waals surface area (Å²) in [4.78, 5) is 35.3. The molecule has 0 aromatic heterocycles. The summed E-state index contributed by atoms with van der Waals surface area (Å²) in [7, 11) is 0. The van der Waals surface area contributed by atoms with E-state index >= 15 is 0 Å². The zero-order valence-electron chi connectivity index (χ0n) is 13.5. The topological polar surface area (TPSA) is 113 Å². The van der Waals surface area contributed by atoms with Crippen molar-refractivity contribution >= 4 is 23.3 Å². The number of carboxylic acids is 1. The van der Waals surface area contributed by atoms with Gasteiger partial charge in [-0.2, -0.15) is 0 Å². The molecule has 1 aliphatic rings. The van der Waals surface area contributed by atoms with E-state index in [1.165, 1.54) is 18.2 Å². The fourth-order valence-electron chi connectivity index (χ4n) is 2.83. The molecule has 0 radical (unpaired) electrons. The van der Waals surface area contributed by atoms with Crippen LogP contribution in [0.2, 0.25) is 0 Å². The summed E-state index contributed by atoms with van der Waals surface area (Å²) in [5.74, 6) is -1.34. The fourth-order valence-corrected chi connectivity index (χ4v) is 2.83. The number of nitro benzene ring substituents is 1. The molecule has 0 aliphatic carbocycles. The van der Waals surface area contributed by atoms with Crippen molar-refractivity contribution in [3.8, 4) is 0 Å². The summed E-state index contributed by atoms with van der Waals surface area (Å²) < 4.78 is 0. The number of carbonyl (C=O) groups excluding carboxylic acids is 1. The van der Waals surface area contributed by atoms with Crippen LogP contribution in [0, 0.1) is 23.0 Å². The van der Waals surface area contributed by atoms with Crippen LogP contribution in [0.15, 0.2) is 18.2 Å². The lowest BCUT2D eigenvalue weighted by molar-refractivity contribution is -0.384. The molecule has 0 bridgehead atoms. The lowest BCUT2D eigenvalue weighted by Crippen LogP contribution is -2.40. The van der Waals surface area contributed by atoms with Crippen molar-refractivity contribution < 1.29 is 19.6 Å². The Labute approximate surface area is 139 Å². The second kappa shape index (κ2) is 7.87. The van der Waals surface area contributed by atoms with Crippen molar-refractivity contribution in [3.63, 3.8) is 0 Å². The molecule has 0 spiro atoms. The summed E-state index contributed by atoms with van der Waals surface area (Å²) in [5.41, 5.74) is 1.16. The molecule has 1 aromatic rings. The molecule has 24 heavy (non-hydrogen) atoms. The van der Waals surface area contributed by atoms with Crippen LogP contribution in [0.5, 0.6) is 0 Å². The van der Waals surface area contributed by atoms with E-state index in [4.69, 9.17) is 5.11 Å². The molecule has 1 heterocycles. The maximum absolute atomic E-state index is 12.1. The summed E-state index contributed by atoms with van der Waals surface area (Å²) in [5, 5.41) is 22.5. The highest BCUT2D eigenvalue weighted by atomic mass is 16.6. The number of non-ortho nitro benzene ring substituents is 1. The number of carboxylic acid groups (broad SMARTS) is 1. The van der Waals surface area contributed by atoms with Gasteiger partial charge in [-0.3, -0.25) is 19.7 Å². The van der Waals surface area contributed by atoms with Gasteiger partial charge in [-0.15, -0.1) is 0 Å². The molecule has 8 nitrogen and oxygen atoms in total. The maximum Gasteiger partial charge on any atom is 0.307 e. The third-order valence-electron chi connectivity index (χ3n) is 4.20. The number of piperidine rings is 1. The maximum atomic E-state index is 12.1. The Hall–Kier alpha value is -2.48. The Morgan fingerprint density at radius 1 is 1.46 bits per heavy atom. The summed E-state index contributed by atoms with van der Waals surface area (Å²) >= 11 is 0. The average molecular weight is 335 g/mol. The number of aliphatic carboxylic acids is 1. The number of hydrogen-bond acceptors (Lipinski definition) is 5. The van der Waals surface area contributed by atoms with Gasteiger partial charge in [0.1, 0.15) is 0 Å². The summed E-state index contributed by atoms with van der Waals surface area (Å²) in [6.45, 7) is 3.47. The van der Waals surface area contributed by atoms with Gasteiger partial charge in [0, 0.05) is 37.3 Å². The highest BCUT2D eigenvalue weighted by Gasteiger charge is 2.25. The van der Waals surface area contributed by atoms with Crippen LogP contribution in [0.3, 0.4) is 0 Å². The van der Waals surface area contributed by atoms with Crippen LogP contribution in [0.1, 0.15) is 24.8 Å². The van der Waals surface area contributed by atoms with Gasteiger partial charge in [0.15, 0.2) is 0 Å². The SMILES string of the molecule is Cc1cc([N+](=O)[O-])ccc1NC(=O)CCN1CCCC(C(=O)O)C1. The molecule has 1 unspecified atom stereocenters. The molecule has 1 aliphatic heterocycles. The Morgan fingerprint density at radius 3 is 2.83 bits per heavy atom. The van der Waals surface area contributed by atoms with Crippen LogP contribution in [-0.4, -0.2) is 46.4 Å². The van der Waals surface area contributed by atoms with Gasteiger partial charge in [0.05, 0.1) is 10.8 Å². The number of amides is 1. The van der Waals surface area contributed by atoms with Gasteiger partial charge >= 0.3 is 5.97 Å². The summed E-state index contributed by atoms with van der Waals surface area (Å²) in [6, 6.07) is 4.29. The number of rotatable bonds is 6. The van der Waals surface area contributed by atoms with E-state index in [0.29, 0.717) is 30.8 Å². The van der Waals surface area contributed by atoms with Crippen molar-refractivity contribution in [3.05, 3.63) is 33.9 Å². The number of hydrogen-bond donors (Lipinski definition) is 2. The van der Waals surface area contributed by atoms with Crippen molar-refractivity contribution in [2.45, 2.75) is 26.2 Å². The minimum Gasteiger partial charge on any atom is -0.481 e. The number of carbonyl (C=O) groups is 2. The second-order valence-electron chi connectivity index (χ2n) is 6.03. The van der Waals surface area contributed by atoms with Gasteiger partial charge in [-0.1, -0.05) is 0 Å². The van der Waals surface area contributed by atoms with Crippen LogP contribution < -0.4 is 5.32 Å². The number of nitrogens with zero attached hydrogens (tertiary/aromatic N) is 2. The first-order valence-corrected chi connectivity index (χ1v) is 7.87. The predicted octanol–water partition coefficient (Wildman–Crippen LogP) is 2.03. The molecule has 2 N–H and O–H groups in total. The zero-order chi connectivity index (χ0) is 17.7. The Balaban J connectivity index is 1.85. The molecular formula is C16H21N3O5. The van der Waals surface area contributed by atoms with E-state index in [1.54, 1.807) is 6.92 Å². The van der Waals surface area contributed by atoms with Crippen LogP contribution >= 0.6 is 0 Å². The first-order valence-electron chi connectivity index (χ1n) is 7.87. The molecule has 0 saturated carbocycles. The van der Waals surface area contributed by atoms with E-state index in [-0.39, 0.29) is 23.9 Å². The smallest absolute Gasteiger partial charge is 0.307 e. The van der Waals surface area contributed by atoms with E-state index in [9.17, 15) is 19.7 Å². The predicted molar refractivity (Wildman–Crippen MR) is 87.9 cm³/mol.